The van der Waals surface area contributed by atoms with Crippen molar-refractivity contribution < 1.29 is 4.74 Å². The van der Waals surface area contributed by atoms with E-state index in [1.165, 1.54) is 0 Å². The highest BCUT2D eigenvalue weighted by molar-refractivity contribution is 6.39. The lowest BCUT2D eigenvalue weighted by atomic mass is 10.1. The number of aliphatic imine (C=N–C) groups is 1. The summed E-state index contributed by atoms with van der Waals surface area (Å²) in [6, 6.07) is 4.05. The number of hydrogen-bond donors (Lipinski definition) is 0. The van der Waals surface area contributed by atoms with Crippen molar-refractivity contribution >= 4 is 34.7 Å². The number of aryl methyl sites for hydroxylation is 1. The van der Waals surface area contributed by atoms with Crippen LogP contribution in [0.2, 0.25) is 0 Å². The van der Waals surface area contributed by atoms with Gasteiger partial charge in [-0.25, -0.2) is 9.97 Å². The largest absolute Gasteiger partial charge is 0.378 e. The molecule has 2 aliphatic heterocycles. The maximum absolute atomic E-state index is 6.09. The first-order chi connectivity index (χ1) is 14.2. The number of imidazole rings is 1. The smallest absolute Gasteiger partial charge is 0.144 e. The molecule has 0 saturated carbocycles. The predicted molar refractivity (Wildman–Crippen MR) is 115 cm³/mol. The monoisotopic (exact) mass is 408 g/mol. The highest BCUT2D eigenvalue weighted by atomic mass is 35.5. The zero-order valence-corrected chi connectivity index (χ0v) is 16.9. The fourth-order valence-corrected chi connectivity index (χ4v) is 3.98. The molecule has 0 N–H and O–H groups in total. The maximum Gasteiger partial charge on any atom is 0.144 e. The van der Waals surface area contributed by atoms with Gasteiger partial charge in [-0.3, -0.25) is 14.5 Å². The zero-order valence-electron chi connectivity index (χ0n) is 16.1. The third-order valence-corrected chi connectivity index (χ3v) is 5.61. The van der Waals surface area contributed by atoms with Crippen LogP contribution in [0.3, 0.4) is 0 Å². The Balaban J connectivity index is 1.60. The van der Waals surface area contributed by atoms with E-state index in [1.807, 2.05) is 24.5 Å². The lowest BCUT2D eigenvalue weighted by Gasteiger charge is -2.28. The van der Waals surface area contributed by atoms with Crippen LogP contribution in [-0.2, 0) is 4.74 Å². The minimum absolute atomic E-state index is 0.111. The Morgan fingerprint density at radius 1 is 1.21 bits per heavy atom. The molecule has 0 amide bonds. The molecule has 1 saturated heterocycles. The third-order valence-electron chi connectivity index (χ3n) is 5.36. The van der Waals surface area contributed by atoms with Crippen molar-refractivity contribution in [3.8, 4) is 11.4 Å². The van der Waals surface area contributed by atoms with Crippen LogP contribution >= 0.6 is 11.6 Å². The van der Waals surface area contributed by atoms with Crippen molar-refractivity contribution in [1.29, 1.82) is 0 Å². The summed E-state index contributed by atoms with van der Waals surface area (Å²) in [5.41, 5.74) is 3.96. The molecule has 2 aliphatic rings. The number of halogens is 1. The highest BCUT2D eigenvalue weighted by Crippen LogP contribution is 2.34. The number of morpholine rings is 1. The van der Waals surface area contributed by atoms with Crippen molar-refractivity contribution in [2.75, 3.05) is 31.2 Å². The molecule has 0 radical (unpaired) electrons. The van der Waals surface area contributed by atoms with Gasteiger partial charge in [0.05, 0.1) is 35.5 Å². The molecule has 1 atom stereocenters. The molecule has 148 valence electrons. The van der Waals surface area contributed by atoms with E-state index in [0.29, 0.717) is 11.5 Å². The second-order valence-corrected chi connectivity index (χ2v) is 7.65. The molecule has 0 bridgehead atoms. The Hall–Kier alpha value is -2.77. The number of fused-ring (bicyclic) bond motifs is 1. The molecule has 3 aromatic rings. The van der Waals surface area contributed by atoms with Crippen LogP contribution in [0.15, 0.2) is 46.8 Å². The van der Waals surface area contributed by atoms with Crippen molar-refractivity contribution in [2.24, 2.45) is 4.99 Å². The fraction of sp³-hybridized carbons (Fsp3) is 0.333. The predicted octanol–water partition coefficient (Wildman–Crippen LogP) is 3.73. The fourth-order valence-electron chi connectivity index (χ4n) is 3.83. The van der Waals surface area contributed by atoms with Gasteiger partial charge in [0.1, 0.15) is 17.8 Å². The second-order valence-electron chi connectivity index (χ2n) is 7.21. The van der Waals surface area contributed by atoms with Crippen molar-refractivity contribution in [2.45, 2.75) is 19.5 Å². The first kappa shape index (κ1) is 18.3. The Labute approximate surface area is 173 Å². The van der Waals surface area contributed by atoms with E-state index in [9.17, 15) is 0 Å². The van der Waals surface area contributed by atoms with Gasteiger partial charge in [0.25, 0.3) is 0 Å². The van der Waals surface area contributed by atoms with Gasteiger partial charge in [-0.15, -0.1) is 0 Å². The highest BCUT2D eigenvalue weighted by Gasteiger charge is 2.22. The first-order valence-corrected chi connectivity index (χ1v) is 10.1. The summed E-state index contributed by atoms with van der Waals surface area (Å²) in [5, 5.41) is 0.665. The number of aromatic nitrogens is 4. The molecule has 0 aliphatic carbocycles. The lowest BCUT2D eigenvalue weighted by Crippen LogP contribution is -2.36. The van der Waals surface area contributed by atoms with Gasteiger partial charge in [-0.2, -0.15) is 0 Å². The van der Waals surface area contributed by atoms with Crippen LogP contribution < -0.4 is 4.90 Å². The summed E-state index contributed by atoms with van der Waals surface area (Å²) in [6.07, 6.45) is 9.80. The number of allylic oxidation sites excluding steroid dienone is 1. The van der Waals surface area contributed by atoms with Crippen LogP contribution in [0.1, 0.15) is 18.2 Å². The number of nitrogens with zero attached hydrogens (tertiary/aromatic N) is 6. The van der Waals surface area contributed by atoms with Crippen LogP contribution in [0.4, 0.5) is 5.82 Å². The average molecular weight is 409 g/mol. The molecule has 1 fully saturated rings. The normalized spacial score (nSPS) is 19.6. The van der Waals surface area contributed by atoms with Gasteiger partial charge in [0.15, 0.2) is 0 Å². The summed E-state index contributed by atoms with van der Waals surface area (Å²) in [5.74, 6) is 1.82. The Morgan fingerprint density at radius 2 is 2.07 bits per heavy atom. The molecule has 7 nitrogen and oxygen atoms in total. The van der Waals surface area contributed by atoms with Crippen molar-refractivity contribution in [1.82, 2.24) is 19.5 Å². The van der Waals surface area contributed by atoms with E-state index in [4.69, 9.17) is 26.3 Å². The van der Waals surface area contributed by atoms with Gasteiger partial charge in [-0.05, 0) is 24.6 Å². The summed E-state index contributed by atoms with van der Waals surface area (Å²) in [6.45, 7) is 5.30. The van der Waals surface area contributed by atoms with Crippen LogP contribution in [0, 0.1) is 6.92 Å². The van der Waals surface area contributed by atoms with Gasteiger partial charge in [0, 0.05) is 43.7 Å². The maximum atomic E-state index is 6.09. The number of anilines is 1. The topological polar surface area (TPSA) is 68.4 Å². The molecule has 5 rings (SSSR count). The molecular formula is C21H21ClN6O. The molecule has 8 heteroatoms. The summed E-state index contributed by atoms with van der Waals surface area (Å²) in [7, 11) is 0. The van der Waals surface area contributed by atoms with E-state index in [1.54, 1.807) is 12.4 Å². The SMILES string of the molecule is Cc1cc(N2CCOCC2)ncc1-c1nc2ccncc2n1C1CC=C(Cl)C=N1. The van der Waals surface area contributed by atoms with Crippen molar-refractivity contribution in [3.63, 3.8) is 0 Å². The zero-order chi connectivity index (χ0) is 19.8. The molecule has 0 aromatic carbocycles. The van der Waals surface area contributed by atoms with Gasteiger partial charge in [-0.1, -0.05) is 17.7 Å². The molecule has 3 aromatic heterocycles. The Kier molecular flexibility index (Phi) is 4.77. The minimum Gasteiger partial charge on any atom is -0.378 e. The molecular weight excluding hydrogens is 388 g/mol. The summed E-state index contributed by atoms with van der Waals surface area (Å²) in [4.78, 5) is 20.8. The molecule has 1 unspecified atom stereocenters. The summed E-state index contributed by atoms with van der Waals surface area (Å²) >= 11 is 6.09. The van der Waals surface area contributed by atoms with E-state index < -0.39 is 0 Å². The van der Waals surface area contributed by atoms with Crippen LogP contribution in [0.5, 0.6) is 0 Å². The Bertz CT molecular complexity index is 1120. The van der Waals surface area contributed by atoms with E-state index in [-0.39, 0.29) is 6.17 Å². The van der Waals surface area contributed by atoms with Gasteiger partial charge >= 0.3 is 0 Å². The number of ether oxygens (including phenoxy) is 1. The van der Waals surface area contributed by atoms with E-state index >= 15 is 0 Å². The number of hydrogen-bond acceptors (Lipinski definition) is 6. The first-order valence-electron chi connectivity index (χ1n) is 9.71. The Morgan fingerprint density at radius 3 is 2.83 bits per heavy atom. The number of dihydropyridines is 1. The number of rotatable bonds is 3. The minimum atomic E-state index is -0.111. The molecule has 29 heavy (non-hydrogen) atoms. The standard InChI is InChI=1S/C21H21ClN6O/c1-14-10-20(27-6-8-29-9-7-27)25-12-16(14)21-26-17-4-5-23-13-18(17)28(21)19-3-2-15(22)11-24-19/h2,4-5,10-13,19H,3,6-9H2,1H3. The van der Waals surface area contributed by atoms with E-state index in [2.05, 4.69) is 32.4 Å². The van der Waals surface area contributed by atoms with Gasteiger partial charge < -0.3 is 9.64 Å². The number of pyridine rings is 2. The quantitative estimate of drug-likeness (QED) is 0.660. The van der Waals surface area contributed by atoms with Crippen LogP contribution in [-0.4, -0.2) is 52.0 Å². The molecule has 0 spiro atoms. The average Bonchev–Trinajstić information content (AvgIpc) is 3.14. The lowest BCUT2D eigenvalue weighted by molar-refractivity contribution is 0.122. The van der Waals surface area contributed by atoms with Crippen LogP contribution in [0.25, 0.3) is 22.4 Å². The third kappa shape index (κ3) is 3.41. The van der Waals surface area contributed by atoms with E-state index in [0.717, 1.165) is 60.1 Å². The second kappa shape index (κ2) is 7.57. The molecule has 5 heterocycles. The summed E-state index contributed by atoms with van der Waals surface area (Å²) < 4.78 is 7.59. The van der Waals surface area contributed by atoms with Crippen molar-refractivity contribution in [3.05, 3.63) is 47.4 Å². The van der Waals surface area contributed by atoms with Gasteiger partial charge in [0.2, 0.25) is 0 Å².